The highest BCUT2D eigenvalue weighted by Crippen LogP contribution is 2.44. The Morgan fingerprint density at radius 2 is 0.929 bits per heavy atom. The number of ether oxygens (including phenoxy) is 2. The fraction of sp³-hybridized carbons (Fsp3) is 0.154. The molecule has 0 radical (unpaired) electrons. The molecule has 0 aromatic heterocycles. The van der Waals surface area contributed by atoms with E-state index < -0.39 is 0 Å². The van der Waals surface area contributed by atoms with Crippen LogP contribution in [0.15, 0.2) is 84.3 Å². The van der Waals surface area contributed by atoms with Crippen molar-refractivity contribution < 1.29 is 9.47 Å². The van der Waals surface area contributed by atoms with Crippen LogP contribution in [0.3, 0.4) is 0 Å². The van der Waals surface area contributed by atoms with E-state index in [4.69, 9.17) is 9.47 Å². The zero-order valence-electron chi connectivity index (χ0n) is 16.1. The number of methoxy groups -OCH3 is 2. The van der Waals surface area contributed by atoms with Gasteiger partial charge in [0.05, 0.1) is 26.1 Å². The second-order valence-corrected chi connectivity index (χ2v) is 7.29. The van der Waals surface area contributed by atoms with Crippen LogP contribution in [0.5, 0.6) is 0 Å². The molecule has 2 atom stereocenters. The van der Waals surface area contributed by atoms with Gasteiger partial charge in [-0.1, -0.05) is 72.8 Å². The molecule has 0 saturated carbocycles. The van der Waals surface area contributed by atoms with E-state index in [9.17, 15) is 0 Å². The third-order valence-corrected chi connectivity index (χ3v) is 5.85. The quantitative estimate of drug-likeness (QED) is 0.568. The van der Waals surface area contributed by atoms with Gasteiger partial charge in [0.1, 0.15) is 11.5 Å². The minimum absolute atomic E-state index is 0.156. The Balaban J connectivity index is 1.52. The molecule has 2 heteroatoms. The lowest BCUT2D eigenvalue weighted by Gasteiger charge is -2.19. The third-order valence-electron chi connectivity index (χ3n) is 5.85. The average molecular weight is 366 g/mol. The van der Waals surface area contributed by atoms with Crippen molar-refractivity contribution in [3.63, 3.8) is 0 Å². The molecule has 3 aromatic rings. The predicted octanol–water partition coefficient (Wildman–Crippen LogP) is 5.95. The van der Waals surface area contributed by atoms with Gasteiger partial charge in [0.15, 0.2) is 0 Å². The maximum absolute atomic E-state index is 5.70. The smallest absolute Gasteiger partial charge is 0.108 e. The van der Waals surface area contributed by atoms with Gasteiger partial charge < -0.3 is 9.47 Å². The normalized spacial score (nSPS) is 19.5. The van der Waals surface area contributed by atoms with Crippen molar-refractivity contribution in [3.05, 3.63) is 118 Å². The Labute approximate surface area is 165 Å². The van der Waals surface area contributed by atoms with E-state index in [1.807, 2.05) is 0 Å². The highest BCUT2D eigenvalue weighted by atomic mass is 16.5. The van der Waals surface area contributed by atoms with Crippen LogP contribution in [0.2, 0.25) is 0 Å². The van der Waals surface area contributed by atoms with Crippen LogP contribution in [0.1, 0.15) is 45.2 Å². The summed E-state index contributed by atoms with van der Waals surface area (Å²) in [4.78, 5) is 0. The molecule has 5 rings (SSSR count). The summed E-state index contributed by atoms with van der Waals surface area (Å²) in [5.74, 6) is 2.31. The average Bonchev–Trinajstić information content (AvgIpc) is 3.32. The molecule has 0 heterocycles. The standard InChI is InChI=1S/C26H22O2/c1-27-23-15-19-7-3-5-9-21(19)25(23)17-11-13-18(14-12-17)26-22-10-6-4-8-20(22)16-24(26)28-2/h3-16,25-26H,1-2H3. The summed E-state index contributed by atoms with van der Waals surface area (Å²) in [6.45, 7) is 0. The molecule has 0 fully saturated rings. The molecule has 0 amide bonds. The molecule has 0 N–H and O–H groups in total. The highest BCUT2D eigenvalue weighted by Gasteiger charge is 2.30. The number of fused-ring (bicyclic) bond motifs is 2. The van der Waals surface area contributed by atoms with Gasteiger partial charge in [0.25, 0.3) is 0 Å². The van der Waals surface area contributed by atoms with E-state index in [-0.39, 0.29) is 11.8 Å². The SMILES string of the molecule is COC1=Cc2ccccc2C1c1ccc(C2C(OC)=Cc3ccccc32)cc1. The molecule has 2 aliphatic rings. The molecule has 2 unspecified atom stereocenters. The zero-order valence-corrected chi connectivity index (χ0v) is 16.1. The van der Waals surface area contributed by atoms with Gasteiger partial charge in [-0.2, -0.15) is 0 Å². The van der Waals surface area contributed by atoms with Crippen molar-refractivity contribution in [2.45, 2.75) is 11.8 Å². The van der Waals surface area contributed by atoms with Gasteiger partial charge in [-0.15, -0.1) is 0 Å². The lowest BCUT2D eigenvalue weighted by atomic mass is 9.88. The molecule has 3 aromatic carbocycles. The summed E-state index contributed by atoms with van der Waals surface area (Å²) < 4.78 is 11.4. The minimum Gasteiger partial charge on any atom is -0.500 e. The number of benzene rings is 3. The fourth-order valence-electron chi connectivity index (χ4n) is 4.51. The van der Waals surface area contributed by atoms with Gasteiger partial charge >= 0.3 is 0 Å². The van der Waals surface area contributed by atoms with Crippen LogP contribution >= 0.6 is 0 Å². The van der Waals surface area contributed by atoms with Crippen molar-refractivity contribution in [1.29, 1.82) is 0 Å². The first-order valence-electron chi connectivity index (χ1n) is 9.59. The van der Waals surface area contributed by atoms with Crippen LogP contribution in [-0.4, -0.2) is 14.2 Å². The maximum atomic E-state index is 5.70. The molecular formula is C26H22O2. The van der Waals surface area contributed by atoms with Gasteiger partial charge in [-0.3, -0.25) is 0 Å². The maximum Gasteiger partial charge on any atom is 0.108 e. The van der Waals surface area contributed by atoms with E-state index in [0.29, 0.717) is 0 Å². The van der Waals surface area contributed by atoms with Crippen molar-refractivity contribution in [3.8, 4) is 0 Å². The van der Waals surface area contributed by atoms with E-state index in [2.05, 4.69) is 84.9 Å². The van der Waals surface area contributed by atoms with Crippen LogP contribution in [0.25, 0.3) is 12.2 Å². The Kier molecular flexibility index (Phi) is 4.05. The molecule has 2 aliphatic carbocycles. The van der Waals surface area contributed by atoms with Gasteiger partial charge in [-0.05, 0) is 45.5 Å². The molecule has 0 aliphatic heterocycles. The number of hydrogen-bond acceptors (Lipinski definition) is 2. The Morgan fingerprint density at radius 1 is 0.536 bits per heavy atom. The summed E-state index contributed by atoms with van der Waals surface area (Å²) in [6, 6.07) is 25.9. The number of allylic oxidation sites excluding steroid dienone is 2. The second kappa shape index (κ2) is 6.72. The Hall–Kier alpha value is -3.26. The van der Waals surface area contributed by atoms with Crippen molar-refractivity contribution in [1.82, 2.24) is 0 Å². The lowest BCUT2D eigenvalue weighted by molar-refractivity contribution is 0.278. The highest BCUT2D eigenvalue weighted by molar-refractivity contribution is 5.69. The number of rotatable bonds is 4. The molecule has 0 saturated heterocycles. The van der Waals surface area contributed by atoms with Gasteiger partial charge in [0.2, 0.25) is 0 Å². The summed E-state index contributed by atoms with van der Waals surface area (Å²) in [5, 5.41) is 0. The van der Waals surface area contributed by atoms with E-state index in [0.717, 1.165) is 11.5 Å². The van der Waals surface area contributed by atoms with E-state index in [1.165, 1.54) is 33.4 Å². The van der Waals surface area contributed by atoms with Crippen molar-refractivity contribution in [2.75, 3.05) is 14.2 Å². The Bertz CT molecular complexity index is 1000. The fourth-order valence-corrected chi connectivity index (χ4v) is 4.51. The van der Waals surface area contributed by atoms with Crippen LogP contribution in [-0.2, 0) is 9.47 Å². The zero-order chi connectivity index (χ0) is 19.1. The first-order chi connectivity index (χ1) is 13.8. The number of hydrogen-bond donors (Lipinski definition) is 0. The van der Waals surface area contributed by atoms with E-state index >= 15 is 0 Å². The summed E-state index contributed by atoms with van der Waals surface area (Å²) in [7, 11) is 3.51. The van der Waals surface area contributed by atoms with Crippen LogP contribution < -0.4 is 0 Å². The molecule has 0 bridgehead atoms. The predicted molar refractivity (Wildman–Crippen MR) is 113 cm³/mol. The second-order valence-electron chi connectivity index (χ2n) is 7.29. The van der Waals surface area contributed by atoms with Gasteiger partial charge in [0, 0.05) is 0 Å². The summed E-state index contributed by atoms with van der Waals surface area (Å²) >= 11 is 0. The molecule has 138 valence electrons. The van der Waals surface area contributed by atoms with Crippen molar-refractivity contribution >= 4 is 12.2 Å². The molecular weight excluding hydrogens is 344 g/mol. The third kappa shape index (κ3) is 2.56. The van der Waals surface area contributed by atoms with Crippen LogP contribution in [0, 0.1) is 0 Å². The minimum atomic E-state index is 0.156. The summed E-state index contributed by atoms with van der Waals surface area (Å²) in [5.41, 5.74) is 7.57. The Morgan fingerprint density at radius 3 is 1.32 bits per heavy atom. The molecule has 2 nitrogen and oxygen atoms in total. The topological polar surface area (TPSA) is 18.5 Å². The van der Waals surface area contributed by atoms with Gasteiger partial charge in [-0.25, -0.2) is 0 Å². The first-order valence-corrected chi connectivity index (χ1v) is 9.59. The molecule has 28 heavy (non-hydrogen) atoms. The first kappa shape index (κ1) is 16.9. The largest absolute Gasteiger partial charge is 0.500 e. The van der Waals surface area contributed by atoms with Crippen molar-refractivity contribution in [2.24, 2.45) is 0 Å². The van der Waals surface area contributed by atoms with E-state index in [1.54, 1.807) is 14.2 Å². The lowest BCUT2D eigenvalue weighted by Crippen LogP contribution is -2.05. The molecule has 0 spiro atoms. The monoisotopic (exact) mass is 366 g/mol. The van der Waals surface area contributed by atoms with Crippen LogP contribution in [0.4, 0.5) is 0 Å². The summed E-state index contributed by atoms with van der Waals surface area (Å²) in [6.07, 6.45) is 4.29.